The van der Waals surface area contributed by atoms with Gasteiger partial charge in [0.05, 0.1) is 18.2 Å². The van der Waals surface area contributed by atoms with Gasteiger partial charge in [0.25, 0.3) is 0 Å². The predicted molar refractivity (Wildman–Crippen MR) is 62.7 cm³/mol. The summed E-state index contributed by atoms with van der Waals surface area (Å²) in [7, 11) is 1.51. The quantitative estimate of drug-likeness (QED) is 0.766. The molecule has 0 radical (unpaired) electrons. The van der Waals surface area contributed by atoms with E-state index in [1.54, 1.807) is 25.1 Å². The molecule has 3 N–H and O–H groups in total. The van der Waals surface area contributed by atoms with Crippen LogP contribution < -0.4 is 10.5 Å². The monoisotopic (exact) mass is 223 g/mol. The number of nitrogens with two attached hydrogens (primary N) is 1. The lowest BCUT2D eigenvalue weighted by atomic mass is 9.80. The topological polar surface area (TPSA) is 72.5 Å². The summed E-state index contributed by atoms with van der Waals surface area (Å²) in [6.07, 6.45) is 0.509. The van der Waals surface area contributed by atoms with Crippen molar-refractivity contribution in [2.24, 2.45) is 0 Å². The smallest absolute Gasteiger partial charge is 0.313 e. The maximum atomic E-state index is 11.3. The highest BCUT2D eigenvalue weighted by Crippen LogP contribution is 2.32. The van der Waals surface area contributed by atoms with Crippen LogP contribution in [0.15, 0.2) is 18.2 Å². The van der Waals surface area contributed by atoms with Gasteiger partial charge < -0.3 is 15.6 Å². The second kappa shape index (κ2) is 4.43. The van der Waals surface area contributed by atoms with Crippen LogP contribution >= 0.6 is 0 Å². The molecular weight excluding hydrogens is 206 g/mol. The first-order valence-corrected chi connectivity index (χ1v) is 5.13. The molecule has 0 saturated carbocycles. The van der Waals surface area contributed by atoms with Gasteiger partial charge in [0.2, 0.25) is 0 Å². The second-order valence-corrected chi connectivity index (χ2v) is 3.95. The van der Waals surface area contributed by atoms with Gasteiger partial charge in [-0.2, -0.15) is 0 Å². The first-order chi connectivity index (χ1) is 7.45. The molecule has 0 spiro atoms. The number of aliphatic carboxylic acids is 1. The average Bonchev–Trinajstić information content (AvgIpc) is 2.28. The van der Waals surface area contributed by atoms with E-state index in [2.05, 4.69) is 0 Å². The lowest BCUT2D eigenvalue weighted by molar-refractivity contribution is -0.143. The number of methoxy groups -OCH3 is 1. The lowest BCUT2D eigenvalue weighted by Crippen LogP contribution is -2.31. The fourth-order valence-electron chi connectivity index (χ4n) is 1.53. The highest BCUT2D eigenvalue weighted by Gasteiger charge is 2.33. The molecule has 1 aromatic carbocycles. The zero-order chi connectivity index (χ0) is 12.3. The van der Waals surface area contributed by atoms with Crippen molar-refractivity contribution < 1.29 is 14.6 Å². The summed E-state index contributed by atoms with van der Waals surface area (Å²) in [5, 5.41) is 9.25. The molecule has 0 heterocycles. The van der Waals surface area contributed by atoms with E-state index in [4.69, 9.17) is 10.5 Å². The Labute approximate surface area is 95.0 Å². The number of rotatable bonds is 4. The van der Waals surface area contributed by atoms with Crippen LogP contribution in [0, 0.1) is 0 Å². The summed E-state index contributed by atoms with van der Waals surface area (Å²) in [6.45, 7) is 3.54. The molecule has 1 atom stereocenters. The van der Waals surface area contributed by atoms with Gasteiger partial charge in [0, 0.05) is 0 Å². The number of carboxylic acids is 1. The molecule has 16 heavy (non-hydrogen) atoms. The Kier molecular flexibility index (Phi) is 3.42. The minimum absolute atomic E-state index is 0.509. The van der Waals surface area contributed by atoms with E-state index in [1.807, 2.05) is 6.92 Å². The lowest BCUT2D eigenvalue weighted by Gasteiger charge is -2.24. The molecule has 0 amide bonds. The summed E-state index contributed by atoms with van der Waals surface area (Å²) in [5.74, 6) is -0.333. The molecule has 0 aromatic heterocycles. The van der Waals surface area contributed by atoms with Crippen LogP contribution in [-0.2, 0) is 10.2 Å². The Bertz CT molecular complexity index is 403. The third-order valence-corrected chi connectivity index (χ3v) is 3.05. The van der Waals surface area contributed by atoms with E-state index < -0.39 is 11.4 Å². The summed E-state index contributed by atoms with van der Waals surface area (Å²) in [6, 6.07) is 5.09. The van der Waals surface area contributed by atoms with Gasteiger partial charge in [0.1, 0.15) is 5.75 Å². The van der Waals surface area contributed by atoms with Gasteiger partial charge in [-0.15, -0.1) is 0 Å². The van der Waals surface area contributed by atoms with Crippen molar-refractivity contribution in [1.29, 1.82) is 0 Å². The molecule has 4 heteroatoms. The third kappa shape index (κ3) is 1.96. The van der Waals surface area contributed by atoms with Gasteiger partial charge in [-0.25, -0.2) is 0 Å². The zero-order valence-electron chi connectivity index (χ0n) is 9.78. The summed E-state index contributed by atoms with van der Waals surface area (Å²) >= 11 is 0. The number of anilines is 1. The van der Waals surface area contributed by atoms with Gasteiger partial charge >= 0.3 is 5.97 Å². The predicted octanol–water partition coefficient (Wildman–Crippen LogP) is 2.03. The molecule has 0 aliphatic carbocycles. The first-order valence-electron chi connectivity index (χ1n) is 5.13. The number of benzene rings is 1. The van der Waals surface area contributed by atoms with Gasteiger partial charge in [-0.1, -0.05) is 13.0 Å². The normalized spacial score (nSPS) is 14.2. The number of carbonyl (C=O) groups is 1. The van der Waals surface area contributed by atoms with Gasteiger partial charge in [0.15, 0.2) is 0 Å². The molecule has 0 aliphatic rings. The van der Waals surface area contributed by atoms with Crippen molar-refractivity contribution in [2.45, 2.75) is 25.7 Å². The molecule has 0 saturated heterocycles. The SMILES string of the molecule is CCC(C)(C(=O)O)c1ccc(N)c(OC)c1. The summed E-state index contributed by atoms with van der Waals surface area (Å²) in [4.78, 5) is 11.3. The fraction of sp³-hybridized carbons (Fsp3) is 0.417. The molecule has 1 aromatic rings. The van der Waals surface area contributed by atoms with Crippen LogP contribution in [0.5, 0.6) is 5.75 Å². The Hall–Kier alpha value is -1.71. The van der Waals surface area contributed by atoms with Gasteiger partial charge in [-0.3, -0.25) is 4.79 Å². The Morgan fingerprint density at radius 2 is 2.19 bits per heavy atom. The number of hydrogen-bond donors (Lipinski definition) is 2. The number of ether oxygens (including phenoxy) is 1. The molecule has 88 valence electrons. The Morgan fingerprint density at radius 3 is 2.62 bits per heavy atom. The standard InChI is InChI=1S/C12H17NO3/c1-4-12(2,11(14)15)8-5-6-9(13)10(7-8)16-3/h5-7H,4,13H2,1-3H3,(H,14,15). The maximum absolute atomic E-state index is 11.3. The van der Waals surface area contributed by atoms with E-state index >= 15 is 0 Å². The molecule has 0 bridgehead atoms. The van der Waals surface area contributed by atoms with E-state index in [0.29, 0.717) is 23.4 Å². The minimum Gasteiger partial charge on any atom is -0.495 e. The molecule has 1 unspecified atom stereocenters. The number of nitrogen functional groups attached to an aromatic ring is 1. The van der Waals surface area contributed by atoms with E-state index in [0.717, 1.165) is 0 Å². The first kappa shape index (κ1) is 12.4. The van der Waals surface area contributed by atoms with Crippen LogP contribution in [0.4, 0.5) is 5.69 Å². The number of carboxylic acid groups (broad SMARTS) is 1. The van der Waals surface area contributed by atoms with Crippen molar-refractivity contribution in [2.75, 3.05) is 12.8 Å². The van der Waals surface area contributed by atoms with Crippen LogP contribution in [0.1, 0.15) is 25.8 Å². The summed E-state index contributed by atoms with van der Waals surface area (Å²) in [5.41, 5.74) is 6.00. The van der Waals surface area contributed by atoms with E-state index in [-0.39, 0.29) is 0 Å². The highest BCUT2D eigenvalue weighted by molar-refractivity contribution is 5.81. The van der Waals surface area contributed by atoms with Gasteiger partial charge in [-0.05, 0) is 31.0 Å². The molecule has 1 rings (SSSR count). The largest absolute Gasteiger partial charge is 0.495 e. The van der Waals surface area contributed by atoms with Crippen LogP contribution in [0.3, 0.4) is 0 Å². The van der Waals surface area contributed by atoms with Crippen LogP contribution in [0.25, 0.3) is 0 Å². The minimum atomic E-state index is -0.902. The Morgan fingerprint density at radius 1 is 1.56 bits per heavy atom. The van der Waals surface area contributed by atoms with Crippen molar-refractivity contribution in [3.63, 3.8) is 0 Å². The van der Waals surface area contributed by atoms with Crippen LogP contribution in [-0.4, -0.2) is 18.2 Å². The zero-order valence-corrected chi connectivity index (χ0v) is 9.78. The van der Waals surface area contributed by atoms with Crippen molar-refractivity contribution >= 4 is 11.7 Å². The average molecular weight is 223 g/mol. The van der Waals surface area contributed by atoms with Crippen molar-refractivity contribution in [3.05, 3.63) is 23.8 Å². The van der Waals surface area contributed by atoms with E-state index in [1.165, 1.54) is 7.11 Å². The third-order valence-electron chi connectivity index (χ3n) is 3.05. The molecular formula is C12H17NO3. The van der Waals surface area contributed by atoms with Crippen molar-refractivity contribution in [3.8, 4) is 5.75 Å². The molecule has 0 aliphatic heterocycles. The van der Waals surface area contributed by atoms with E-state index in [9.17, 15) is 9.90 Å². The molecule has 4 nitrogen and oxygen atoms in total. The summed E-state index contributed by atoms with van der Waals surface area (Å²) < 4.78 is 5.09. The second-order valence-electron chi connectivity index (χ2n) is 3.95. The fourth-order valence-corrected chi connectivity index (χ4v) is 1.53. The molecule has 0 fully saturated rings. The van der Waals surface area contributed by atoms with Crippen molar-refractivity contribution in [1.82, 2.24) is 0 Å². The maximum Gasteiger partial charge on any atom is 0.313 e. The number of hydrogen-bond acceptors (Lipinski definition) is 3. The highest BCUT2D eigenvalue weighted by atomic mass is 16.5. The Balaban J connectivity index is 3.27. The van der Waals surface area contributed by atoms with Crippen LogP contribution in [0.2, 0.25) is 0 Å².